The molecule has 0 unspecified atom stereocenters. The number of hydrogen-bond acceptors (Lipinski definition) is 16. The number of Topliss-reactive ketones (excluding diaryl/α,β-unsaturated/α-hetero) is 1. The van der Waals surface area contributed by atoms with E-state index in [0.29, 0.717) is 31.2 Å². The molecule has 1 aromatic rings. The summed E-state index contributed by atoms with van der Waals surface area (Å²) in [5, 5.41) is 12.1. The smallest absolute Gasteiger partial charge is 0.333 e. The highest BCUT2D eigenvalue weighted by molar-refractivity contribution is 5.88. The molecule has 1 N–H and O–H groups in total. The van der Waals surface area contributed by atoms with Crippen LogP contribution in [0.2, 0.25) is 0 Å². The maximum atomic E-state index is 13.4. The van der Waals surface area contributed by atoms with E-state index in [-0.39, 0.29) is 30.3 Å². The minimum atomic E-state index is -1.91. The van der Waals surface area contributed by atoms with Gasteiger partial charge in [0.1, 0.15) is 24.6 Å². The molecule has 62 heavy (non-hydrogen) atoms. The molecule has 2 bridgehead atoms. The van der Waals surface area contributed by atoms with Crippen LogP contribution in [0.4, 0.5) is 0 Å². The van der Waals surface area contributed by atoms with Crippen LogP contribution in [0.15, 0.2) is 48.1 Å². The third kappa shape index (κ3) is 15.7. The van der Waals surface area contributed by atoms with Crippen molar-refractivity contribution in [3.63, 3.8) is 0 Å². The van der Waals surface area contributed by atoms with Gasteiger partial charge in [-0.3, -0.25) is 19.2 Å². The molecule has 3 heterocycles. The lowest BCUT2D eigenvalue weighted by Crippen LogP contribution is -2.66. The molecule has 16 nitrogen and oxygen atoms in total. The summed E-state index contributed by atoms with van der Waals surface area (Å²) >= 11 is 0. The third-order valence-electron chi connectivity index (χ3n) is 10.9. The van der Waals surface area contributed by atoms with Crippen molar-refractivity contribution in [1.29, 1.82) is 0 Å². The summed E-state index contributed by atoms with van der Waals surface area (Å²) in [5.74, 6) is -4.04. The van der Waals surface area contributed by atoms with Crippen LogP contribution in [0.1, 0.15) is 124 Å². The maximum Gasteiger partial charge on any atom is 0.333 e. The van der Waals surface area contributed by atoms with Gasteiger partial charge in [0.2, 0.25) is 0 Å². The lowest BCUT2D eigenvalue weighted by atomic mass is 9.96. The van der Waals surface area contributed by atoms with E-state index in [9.17, 15) is 33.9 Å². The molecule has 0 aliphatic carbocycles. The van der Waals surface area contributed by atoms with Gasteiger partial charge in [0.25, 0.3) is 0 Å². The fraction of sp³-hybridized carbons (Fsp3) is 0.652. The molecule has 344 valence electrons. The highest BCUT2D eigenvalue weighted by atomic mass is 16.8. The first kappa shape index (κ1) is 50.2. The molecular formula is C46H64O16. The van der Waals surface area contributed by atoms with Gasteiger partial charge >= 0.3 is 29.8 Å². The molecule has 3 aliphatic rings. The van der Waals surface area contributed by atoms with Crippen LogP contribution in [-0.2, 0) is 71.4 Å². The molecule has 0 saturated carbocycles. The van der Waals surface area contributed by atoms with Crippen molar-refractivity contribution in [2.45, 2.75) is 186 Å². The summed E-state index contributed by atoms with van der Waals surface area (Å²) < 4.78 is 54.6. The number of aliphatic hydroxyl groups excluding tert-OH is 1. The number of carbonyl (C=O) groups excluding carboxylic acids is 6. The van der Waals surface area contributed by atoms with Crippen LogP contribution in [0.3, 0.4) is 0 Å². The Labute approximate surface area is 363 Å². The molecule has 0 spiro atoms. The number of rotatable bonds is 11. The highest BCUT2D eigenvalue weighted by Crippen LogP contribution is 2.36. The molecule has 0 radical (unpaired) electrons. The largest absolute Gasteiger partial charge is 0.463 e. The maximum absolute atomic E-state index is 13.4. The lowest BCUT2D eigenvalue weighted by molar-refractivity contribution is -0.369. The van der Waals surface area contributed by atoms with Gasteiger partial charge in [0.05, 0.1) is 18.6 Å². The van der Waals surface area contributed by atoms with Gasteiger partial charge < -0.3 is 47.7 Å². The topological polar surface area (TPSA) is 206 Å². The van der Waals surface area contributed by atoms with E-state index in [1.54, 1.807) is 38.1 Å². The van der Waals surface area contributed by atoms with Gasteiger partial charge in [0.15, 0.2) is 43.1 Å². The predicted octanol–water partition coefficient (Wildman–Crippen LogP) is 5.78. The lowest BCUT2D eigenvalue weighted by Gasteiger charge is -2.48. The Balaban J connectivity index is 1.81. The first-order valence-corrected chi connectivity index (χ1v) is 21.8. The molecule has 1 aromatic carbocycles. The van der Waals surface area contributed by atoms with E-state index < -0.39 is 97.9 Å². The number of unbranched alkanes of at least 4 members (excludes halogenated alkanes) is 2. The summed E-state index contributed by atoms with van der Waals surface area (Å²) in [6.45, 7) is 8.59. The van der Waals surface area contributed by atoms with Crippen LogP contribution >= 0.6 is 0 Å². The Morgan fingerprint density at radius 3 is 2.18 bits per heavy atom. The number of ether oxygens (including phenoxy) is 9. The van der Waals surface area contributed by atoms with Crippen molar-refractivity contribution < 1.29 is 76.5 Å². The summed E-state index contributed by atoms with van der Waals surface area (Å²) in [4.78, 5) is 77.8. The molecule has 3 saturated heterocycles. The quantitative estimate of drug-likeness (QED) is 0.121. The van der Waals surface area contributed by atoms with Crippen LogP contribution in [-0.4, -0.2) is 115 Å². The first-order valence-electron chi connectivity index (χ1n) is 21.8. The van der Waals surface area contributed by atoms with Crippen molar-refractivity contribution in [1.82, 2.24) is 0 Å². The Kier molecular flexibility index (Phi) is 20.7. The number of aliphatic hydroxyl groups is 1. The Bertz CT molecular complexity index is 1690. The fourth-order valence-electron chi connectivity index (χ4n) is 7.47. The van der Waals surface area contributed by atoms with Crippen LogP contribution in [0, 0.1) is 0 Å². The molecule has 3 fully saturated rings. The van der Waals surface area contributed by atoms with E-state index in [0.717, 1.165) is 44.6 Å². The first-order chi connectivity index (χ1) is 29.7. The van der Waals surface area contributed by atoms with Crippen molar-refractivity contribution in [3.05, 3.63) is 53.6 Å². The molecule has 16 heteroatoms. The predicted molar refractivity (Wildman–Crippen MR) is 222 cm³/mol. The SMILES string of the molecule is C/C=C(\C)C(=O)O[C@@H]1[C@@H](O)[C@@H]2O[C@H]3[C@H](O[C@@H](CCCCC)CCCCCCC(=O)CCC(=O)OC[C@@H](O2)[C@H]1OC(=O)/C=C/c1ccccc1)O[C@H](C)[C@H](OC(C)=O)[C@@H]3OC(C)=O. The molecule has 0 amide bonds. The molecule has 4 rings (SSSR count). The van der Waals surface area contributed by atoms with Gasteiger partial charge in [-0.05, 0) is 51.7 Å². The van der Waals surface area contributed by atoms with E-state index in [4.69, 9.17) is 42.6 Å². The van der Waals surface area contributed by atoms with E-state index in [1.807, 2.05) is 6.07 Å². The molecule has 11 atom stereocenters. The average molecular weight is 873 g/mol. The standard InChI is InChI=1S/C46H64O16/c1-7-9-13-21-34-22-17-11-10-16-20-33(49)24-26-36(50)54-27-35-40(60-37(51)25-23-32-18-14-12-15-19-32)41(61-44(53)28(3)8-2)38(52)45(59-35)62-43-42(57-31(6)48)39(56-30(5)47)29(4)55-46(43)58-34/h8,12,14-15,18-19,23,25,29,34-35,38-43,45-46,52H,7,9-11,13,16-17,20-22,24,26-27H2,1-6H3/b25-23+,28-8+/t29-,34+,35-,38-,39+,40-,41-,42+,43-,45+,46+/m1/s1. The summed E-state index contributed by atoms with van der Waals surface area (Å²) in [6.07, 6.45) is -3.76. The number of ketones is 1. The monoisotopic (exact) mass is 872 g/mol. The Hall–Kier alpha value is -4.48. The third-order valence-corrected chi connectivity index (χ3v) is 10.9. The van der Waals surface area contributed by atoms with E-state index >= 15 is 0 Å². The molecule has 0 aromatic heterocycles. The van der Waals surface area contributed by atoms with Crippen molar-refractivity contribution in [3.8, 4) is 0 Å². The molecular weight excluding hydrogens is 808 g/mol. The number of cyclic esters (lactones) is 1. The Morgan fingerprint density at radius 1 is 0.774 bits per heavy atom. The minimum absolute atomic E-state index is 0.0454. The Morgan fingerprint density at radius 2 is 1.48 bits per heavy atom. The number of carbonyl (C=O) groups is 6. The highest BCUT2D eigenvalue weighted by Gasteiger charge is 2.56. The normalized spacial score (nSPS) is 30.9. The second-order valence-corrected chi connectivity index (χ2v) is 15.9. The van der Waals surface area contributed by atoms with Crippen LogP contribution < -0.4 is 0 Å². The van der Waals surface area contributed by atoms with E-state index in [2.05, 4.69) is 6.92 Å². The van der Waals surface area contributed by atoms with Gasteiger partial charge in [0, 0.05) is 38.3 Å². The molecule has 3 aliphatic heterocycles. The van der Waals surface area contributed by atoms with Gasteiger partial charge in [-0.25, -0.2) is 9.59 Å². The summed E-state index contributed by atoms with van der Waals surface area (Å²) in [5.41, 5.74) is 0.839. The number of hydrogen-bond donors (Lipinski definition) is 1. The number of allylic oxidation sites excluding steroid dienone is 1. The zero-order valence-electron chi connectivity index (χ0n) is 36.7. The van der Waals surface area contributed by atoms with Crippen LogP contribution in [0.5, 0.6) is 0 Å². The van der Waals surface area contributed by atoms with Crippen LogP contribution in [0.25, 0.3) is 6.08 Å². The van der Waals surface area contributed by atoms with Crippen molar-refractivity contribution in [2.75, 3.05) is 6.61 Å². The summed E-state index contributed by atoms with van der Waals surface area (Å²) in [7, 11) is 0. The second-order valence-electron chi connectivity index (χ2n) is 15.9. The van der Waals surface area contributed by atoms with Crippen molar-refractivity contribution in [2.24, 2.45) is 0 Å². The number of esters is 5. The van der Waals surface area contributed by atoms with Gasteiger partial charge in [-0.2, -0.15) is 0 Å². The van der Waals surface area contributed by atoms with E-state index in [1.165, 1.54) is 32.9 Å². The second kappa shape index (κ2) is 25.6. The van der Waals surface area contributed by atoms with Crippen molar-refractivity contribution >= 4 is 41.7 Å². The zero-order valence-corrected chi connectivity index (χ0v) is 36.7. The minimum Gasteiger partial charge on any atom is -0.463 e. The fourth-order valence-corrected chi connectivity index (χ4v) is 7.47. The van der Waals surface area contributed by atoms with Gasteiger partial charge in [-0.15, -0.1) is 0 Å². The zero-order chi connectivity index (χ0) is 45.2. The van der Waals surface area contributed by atoms with Gasteiger partial charge in [-0.1, -0.05) is 81.9 Å². The number of benzene rings is 1. The average Bonchev–Trinajstić information content (AvgIpc) is 3.23. The number of fused-ring (bicyclic) bond motifs is 3. The summed E-state index contributed by atoms with van der Waals surface area (Å²) in [6, 6.07) is 8.90.